The molecule has 0 unspecified atom stereocenters. The van der Waals surface area contributed by atoms with Crippen molar-refractivity contribution in [1.82, 2.24) is 0 Å². The third-order valence-corrected chi connectivity index (χ3v) is 2.74. The molecule has 8 nitrogen and oxygen atoms in total. The van der Waals surface area contributed by atoms with E-state index >= 15 is 0 Å². The van der Waals surface area contributed by atoms with Gasteiger partial charge in [-0.05, 0) is 12.8 Å². The number of ketones is 2. The minimum Gasteiger partial charge on any atom is -0.854 e. The Balaban J connectivity index is -0.0000000649. The van der Waals surface area contributed by atoms with Crippen molar-refractivity contribution in [3.05, 3.63) is 0 Å². The first-order chi connectivity index (χ1) is 13.2. The van der Waals surface area contributed by atoms with Crippen LogP contribution in [-0.4, -0.2) is 36.7 Å². The summed E-state index contributed by atoms with van der Waals surface area (Å²) in [5.41, 5.74) is 0. The van der Waals surface area contributed by atoms with E-state index in [2.05, 4.69) is 0 Å². The molecule has 0 amide bonds. The number of carboxylic acid groups (broad SMARTS) is 2. The first-order valence-corrected chi connectivity index (χ1v) is 9.75. The summed E-state index contributed by atoms with van der Waals surface area (Å²) in [6.07, 6.45) is 4.94. The van der Waals surface area contributed by atoms with Gasteiger partial charge in [-0.2, -0.15) is 0 Å². The molecule has 168 valence electrons. The summed E-state index contributed by atoms with van der Waals surface area (Å²) >= 11 is 0. The molecule has 0 rings (SSSR count). The number of hydrogen-bond donors (Lipinski definition) is 0. The predicted molar refractivity (Wildman–Crippen MR) is 98.6 cm³/mol. The zero-order chi connectivity index (χ0) is 22.8. The van der Waals surface area contributed by atoms with Crippen molar-refractivity contribution in [2.75, 3.05) is 13.2 Å². The summed E-state index contributed by atoms with van der Waals surface area (Å²) in [5.74, 6) is -3.07. The Morgan fingerprint density at radius 2 is 0.833 bits per heavy atom. The number of Topliss-reactive ketones (excluding diaryl/α,β-unsaturated/α-hetero) is 2. The van der Waals surface area contributed by atoms with Gasteiger partial charge < -0.3 is 30.0 Å². The molecule has 0 radical (unpaired) electrons. The predicted octanol–water partition coefficient (Wildman–Crippen LogP) is -0.720. The van der Waals surface area contributed by atoms with Gasteiger partial charge in [0.2, 0.25) is 0 Å². The maximum atomic E-state index is 10.4. The third-order valence-electron chi connectivity index (χ3n) is 2.74. The van der Waals surface area contributed by atoms with Crippen LogP contribution in [0.5, 0.6) is 0 Å². The molecule has 0 aromatic rings. The molecule has 0 aromatic heterocycles. The second kappa shape index (κ2) is 39.4. The molecule has 0 aliphatic carbocycles. The molecular formula is C20H36O8Zr2+4. The van der Waals surface area contributed by atoms with Crippen molar-refractivity contribution in [1.29, 1.82) is 0 Å². The molecule has 0 saturated carbocycles. The van der Waals surface area contributed by atoms with Gasteiger partial charge in [-0.1, -0.05) is 53.4 Å². The molecular weight excluding hydrogens is 551 g/mol. The van der Waals surface area contributed by atoms with E-state index in [1.54, 1.807) is 0 Å². The minimum atomic E-state index is -1.28. The maximum Gasteiger partial charge on any atom is 4.00 e. The molecule has 10 heteroatoms. The Labute approximate surface area is 219 Å². The fraction of sp³-hybridized carbons (Fsp3) is 0.800. The summed E-state index contributed by atoms with van der Waals surface area (Å²) in [7, 11) is 0. The van der Waals surface area contributed by atoms with Gasteiger partial charge in [-0.15, -0.1) is 13.2 Å². The number of carboxylic acids is 2. The van der Waals surface area contributed by atoms with Crippen LogP contribution < -0.4 is 20.4 Å². The van der Waals surface area contributed by atoms with Crippen LogP contribution in [-0.2, 0) is 71.6 Å². The van der Waals surface area contributed by atoms with Crippen LogP contribution in [0, 0.1) is 0 Å². The third kappa shape index (κ3) is 63.0. The standard InChI is InChI=1S/2C6H10O3.2C4H9O.2Zr/c2*1-2-3-5(7)4-6(8)9;2*1-2-3-4-5;;/h2*2-4H2,1H3,(H,8,9);2*2-4H2,1H3;;/q;;2*-1;2*+4/p-2. The van der Waals surface area contributed by atoms with E-state index in [0.29, 0.717) is 25.7 Å². The molecule has 30 heavy (non-hydrogen) atoms. The van der Waals surface area contributed by atoms with E-state index < -0.39 is 24.8 Å². The average molecular weight is 587 g/mol. The van der Waals surface area contributed by atoms with Crippen molar-refractivity contribution in [2.24, 2.45) is 0 Å². The van der Waals surface area contributed by atoms with Crippen LogP contribution in [0.1, 0.15) is 91.9 Å². The Hall–Kier alpha value is -0.0338. The second-order valence-electron chi connectivity index (χ2n) is 5.79. The Morgan fingerprint density at radius 3 is 0.933 bits per heavy atom. The van der Waals surface area contributed by atoms with Gasteiger partial charge in [-0.3, -0.25) is 9.59 Å². The number of aliphatic carboxylic acids is 2. The van der Waals surface area contributed by atoms with Crippen molar-refractivity contribution in [3.63, 3.8) is 0 Å². The smallest absolute Gasteiger partial charge is 0.854 e. The van der Waals surface area contributed by atoms with Crippen molar-refractivity contribution >= 4 is 23.5 Å². The van der Waals surface area contributed by atoms with Crippen molar-refractivity contribution in [2.45, 2.75) is 91.9 Å². The first kappa shape index (κ1) is 43.8. The zero-order valence-corrected chi connectivity index (χ0v) is 23.7. The SMILES string of the molecule is CCCC(=O)CC(=O)[O-].CCCC(=O)CC(=O)[O-].CCCC[O-].CCCC[O-].[Zr+4].[Zr+4]. The van der Waals surface area contributed by atoms with Crippen LogP contribution in [0.3, 0.4) is 0 Å². The second-order valence-corrected chi connectivity index (χ2v) is 5.79. The molecule has 0 heterocycles. The summed E-state index contributed by atoms with van der Waals surface area (Å²) < 4.78 is 0. The Bertz CT molecular complexity index is 351. The number of carbonyl (C=O) groups excluding carboxylic acids is 4. The van der Waals surface area contributed by atoms with Crippen molar-refractivity contribution < 1.29 is 92.0 Å². The van der Waals surface area contributed by atoms with Crippen LogP contribution in [0.25, 0.3) is 0 Å². The minimum absolute atomic E-state index is 0. The van der Waals surface area contributed by atoms with Crippen LogP contribution in [0.15, 0.2) is 0 Å². The van der Waals surface area contributed by atoms with Gasteiger partial charge >= 0.3 is 52.4 Å². The van der Waals surface area contributed by atoms with E-state index in [1.165, 1.54) is 0 Å². The maximum absolute atomic E-state index is 10.4. The van der Waals surface area contributed by atoms with E-state index in [0.717, 1.165) is 25.7 Å². The quantitative estimate of drug-likeness (QED) is 0.271. The molecule has 0 aliphatic rings. The van der Waals surface area contributed by atoms with E-state index in [9.17, 15) is 39.6 Å². The van der Waals surface area contributed by atoms with Gasteiger partial charge in [0.15, 0.2) is 0 Å². The fourth-order valence-corrected chi connectivity index (χ4v) is 1.35. The van der Waals surface area contributed by atoms with Gasteiger partial charge in [0.25, 0.3) is 0 Å². The monoisotopic (exact) mass is 584 g/mol. The van der Waals surface area contributed by atoms with Crippen molar-refractivity contribution in [3.8, 4) is 0 Å². The van der Waals surface area contributed by atoms with Gasteiger partial charge in [-0.25, -0.2) is 0 Å². The number of unbranched alkanes of at least 4 members (excludes halogenated alkanes) is 2. The fourth-order valence-electron chi connectivity index (χ4n) is 1.35. The van der Waals surface area contributed by atoms with E-state index in [4.69, 9.17) is 0 Å². The number of rotatable bonds is 12. The van der Waals surface area contributed by atoms with E-state index in [-0.39, 0.29) is 77.2 Å². The number of hydrogen-bond acceptors (Lipinski definition) is 8. The molecule has 0 aromatic carbocycles. The summed E-state index contributed by atoms with van der Waals surface area (Å²) in [6, 6.07) is 0. The largest absolute Gasteiger partial charge is 4.00 e. The molecule has 0 fully saturated rings. The zero-order valence-electron chi connectivity index (χ0n) is 18.8. The molecule has 0 bridgehead atoms. The van der Waals surface area contributed by atoms with Gasteiger partial charge in [0.05, 0.1) is 0 Å². The van der Waals surface area contributed by atoms with Crippen LogP contribution in [0.4, 0.5) is 0 Å². The molecule has 0 spiro atoms. The van der Waals surface area contributed by atoms with Gasteiger partial charge in [0, 0.05) is 37.6 Å². The van der Waals surface area contributed by atoms with Gasteiger partial charge in [0.1, 0.15) is 11.6 Å². The molecule has 0 atom stereocenters. The van der Waals surface area contributed by atoms with Crippen LogP contribution >= 0.6 is 0 Å². The summed E-state index contributed by atoms with van der Waals surface area (Å²) in [6.45, 7) is 7.86. The Kier molecular flexibility index (Phi) is 57.6. The average Bonchev–Trinajstić information content (AvgIpc) is 2.57. The molecule has 0 aliphatic heterocycles. The molecule has 0 N–H and O–H groups in total. The summed E-state index contributed by atoms with van der Waals surface area (Å²) in [4.78, 5) is 40.4. The summed E-state index contributed by atoms with van der Waals surface area (Å²) in [5, 5.41) is 38.6. The Morgan fingerprint density at radius 1 is 0.567 bits per heavy atom. The first-order valence-electron chi connectivity index (χ1n) is 9.75. The topological polar surface area (TPSA) is 161 Å². The van der Waals surface area contributed by atoms with E-state index in [1.807, 2.05) is 27.7 Å². The van der Waals surface area contributed by atoms with Crippen LogP contribution in [0.2, 0.25) is 0 Å². The normalized spacial score (nSPS) is 8.20. The molecule has 0 saturated heterocycles. The number of carbonyl (C=O) groups is 4.